The third kappa shape index (κ3) is 2.90. The van der Waals surface area contributed by atoms with Gasteiger partial charge in [-0.3, -0.25) is 4.79 Å². The Morgan fingerprint density at radius 1 is 1.23 bits per heavy atom. The van der Waals surface area contributed by atoms with Crippen LogP contribution in [0.2, 0.25) is 0 Å². The second-order valence-corrected chi connectivity index (χ2v) is 7.86. The van der Waals surface area contributed by atoms with Crippen molar-refractivity contribution < 1.29 is 22.7 Å². The first-order valence-corrected chi connectivity index (χ1v) is 8.78. The van der Waals surface area contributed by atoms with E-state index in [1.807, 2.05) is 0 Å². The van der Waals surface area contributed by atoms with Gasteiger partial charge in [0.25, 0.3) is 5.91 Å². The lowest BCUT2D eigenvalue weighted by Crippen LogP contribution is -2.54. The van der Waals surface area contributed by atoms with Gasteiger partial charge in [0.1, 0.15) is 11.5 Å². The first kappa shape index (κ1) is 16.6. The molecule has 1 aromatic carbocycles. The average Bonchev–Trinajstić information content (AvgIpc) is 2.51. The molecule has 1 heterocycles. The molecule has 0 N–H and O–H groups in total. The first-order chi connectivity index (χ1) is 10.3. The van der Waals surface area contributed by atoms with E-state index in [2.05, 4.69) is 0 Å². The minimum atomic E-state index is -3.13. The second kappa shape index (κ2) is 6.16. The molecule has 22 heavy (non-hydrogen) atoms. The SMILES string of the molecule is COc1ccc(C(=O)N2CCS(=O)(=O)[C@H](C)[C@@H]2C)c(OC)c1. The predicted molar refractivity (Wildman–Crippen MR) is 83.3 cm³/mol. The van der Waals surface area contributed by atoms with Gasteiger partial charge in [-0.25, -0.2) is 8.42 Å². The van der Waals surface area contributed by atoms with Crippen molar-refractivity contribution in [2.45, 2.75) is 25.1 Å². The number of nitrogens with zero attached hydrogens (tertiary/aromatic N) is 1. The molecule has 1 aromatic rings. The molecule has 1 aliphatic heterocycles. The van der Waals surface area contributed by atoms with E-state index < -0.39 is 15.1 Å². The number of carbonyl (C=O) groups excluding carboxylic acids is 1. The standard InChI is InChI=1S/C15H21NO5S/c1-10-11(2)22(18,19)8-7-16(10)15(17)13-6-5-12(20-3)9-14(13)21-4/h5-6,9-11H,7-8H2,1-4H3/t10-,11+/m0/s1. The van der Waals surface area contributed by atoms with Crippen LogP contribution in [-0.2, 0) is 9.84 Å². The maximum Gasteiger partial charge on any atom is 0.257 e. The Labute approximate surface area is 130 Å². The van der Waals surface area contributed by atoms with Crippen LogP contribution >= 0.6 is 0 Å². The molecule has 2 atom stereocenters. The Morgan fingerprint density at radius 3 is 2.50 bits per heavy atom. The Balaban J connectivity index is 2.33. The minimum absolute atomic E-state index is 0.0112. The number of hydrogen-bond donors (Lipinski definition) is 0. The Hall–Kier alpha value is -1.76. The molecule has 6 nitrogen and oxygen atoms in total. The van der Waals surface area contributed by atoms with Gasteiger partial charge in [0.2, 0.25) is 0 Å². The molecule has 0 unspecified atom stereocenters. The minimum Gasteiger partial charge on any atom is -0.497 e. The molecule has 7 heteroatoms. The zero-order valence-electron chi connectivity index (χ0n) is 13.2. The summed E-state index contributed by atoms with van der Waals surface area (Å²) in [6, 6.07) is 4.59. The zero-order valence-corrected chi connectivity index (χ0v) is 14.0. The molecule has 0 spiro atoms. The van der Waals surface area contributed by atoms with Gasteiger partial charge in [-0.2, -0.15) is 0 Å². The highest BCUT2D eigenvalue weighted by atomic mass is 32.2. The van der Waals surface area contributed by atoms with Crippen LogP contribution < -0.4 is 9.47 Å². The summed E-state index contributed by atoms with van der Waals surface area (Å²) in [5.74, 6) is 0.769. The van der Waals surface area contributed by atoms with Gasteiger partial charge < -0.3 is 14.4 Å². The van der Waals surface area contributed by atoms with Gasteiger partial charge in [-0.05, 0) is 26.0 Å². The van der Waals surface area contributed by atoms with E-state index >= 15 is 0 Å². The molecule has 1 amide bonds. The maximum atomic E-state index is 12.8. The van der Waals surface area contributed by atoms with E-state index in [4.69, 9.17) is 9.47 Å². The van der Waals surface area contributed by atoms with E-state index in [-0.39, 0.29) is 24.2 Å². The van der Waals surface area contributed by atoms with Gasteiger partial charge in [-0.15, -0.1) is 0 Å². The van der Waals surface area contributed by atoms with Gasteiger partial charge in [0, 0.05) is 18.7 Å². The lowest BCUT2D eigenvalue weighted by atomic mass is 10.1. The van der Waals surface area contributed by atoms with E-state index in [0.717, 1.165) is 0 Å². The predicted octanol–water partition coefficient (Wildman–Crippen LogP) is 1.35. The van der Waals surface area contributed by atoms with E-state index in [9.17, 15) is 13.2 Å². The fourth-order valence-electron chi connectivity index (χ4n) is 2.58. The molecule has 0 aliphatic carbocycles. The monoisotopic (exact) mass is 327 g/mol. The van der Waals surface area contributed by atoms with Crippen molar-refractivity contribution in [1.82, 2.24) is 4.90 Å². The number of sulfone groups is 1. The number of benzene rings is 1. The Morgan fingerprint density at radius 2 is 1.91 bits per heavy atom. The van der Waals surface area contributed by atoms with Crippen molar-refractivity contribution in [3.05, 3.63) is 23.8 Å². The Kier molecular flexibility index (Phi) is 4.65. The number of rotatable bonds is 3. The summed E-state index contributed by atoms with van der Waals surface area (Å²) in [4.78, 5) is 14.3. The number of ether oxygens (including phenoxy) is 2. The van der Waals surface area contributed by atoms with Crippen molar-refractivity contribution in [3.8, 4) is 11.5 Å². The molecule has 2 rings (SSSR count). The van der Waals surface area contributed by atoms with Gasteiger partial charge in [-0.1, -0.05) is 0 Å². The van der Waals surface area contributed by atoms with Crippen LogP contribution in [0.4, 0.5) is 0 Å². The molecular weight excluding hydrogens is 306 g/mol. The molecule has 1 saturated heterocycles. The topological polar surface area (TPSA) is 72.9 Å². The lowest BCUT2D eigenvalue weighted by molar-refractivity contribution is 0.0689. The summed E-state index contributed by atoms with van der Waals surface area (Å²) < 4.78 is 34.2. The summed E-state index contributed by atoms with van der Waals surface area (Å²) in [7, 11) is -0.109. The highest BCUT2D eigenvalue weighted by molar-refractivity contribution is 7.92. The smallest absolute Gasteiger partial charge is 0.257 e. The summed E-state index contributed by atoms with van der Waals surface area (Å²) in [5, 5.41) is -0.575. The molecule has 0 saturated carbocycles. The summed E-state index contributed by atoms with van der Waals surface area (Å²) >= 11 is 0. The fraction of sp³-hybridized carbons (Fsp3) is 0.533. The third-order valence-corrected chi connectivity index (χ3v) is 6.53. The molecular formula is C15H21NO5S. The summed E-state index contributed by atoms with van der Waals surface area (Å²) in [5.41, 5.74) is 0.404. The Bertz CT molecular complexity index is 671. The molecule has 0 radical (unpaired) electrons. The van der Waals surface area contributed by atoms with Crippen molar-refractivity contribution in [1.29, 1.82) is 0 Å². The van der Waals surface area contributed by atoms with Crippen molar-refractivity contribution >= 4 is 15.7 Å². The second-order valence-electron chi connectivity index (χ2n) is 5.38. The number of methoxy groups -OCH3 is 2. The number of amides is 1. The summed E-state index contributed by atoms with van der Waals surface area (Å²) in [6.07, 6.45) is 0. The van der Waals surface area contributed by atoms with E-state index in [1.165, 1.54) is 14.2 Å². The van der Waals surface area contributed by atoms with Gasteiger partial charge in [0.15, 0.2) is 9.84 Å². The number of carbonyl (C=O) groups is 1. The molecule has 1 aliphatic rings. The van der Waals surface area contributed by atoms with Gasteiger partial charge in [0.05, 0.1) is 30.8 Å². The van der Waals surface area contributed by atoms with Crippen LogP contribution in [-0.4, -0.2) is 57.0 Å². The van der Waals surface area contributed by atoms with Crippen LogP contribution in [0.1, 0.15) is 24.2 Å². The first-order valence-electron chi connectivity index (χ1n) is 7.06. The third-order valence-electron chi connectivity index (χ3n) is 4.25. The normalized spacial score (nSPS) is 23.9. The highest BCUT2D eigenvalue weighted by Gasteiger charge is 2.38. The van der Waals surface area contributed by atoms with E-state index in [0.29, 0.717) is 17.1 Å². The lowest BCUT2D eigenvalue weighted by Gasteiger charge is -2.37. The van der Waals surface area contributed by atoms with Crippen LogP contribution in [0.25, 0.3) is 0 Å². The van der Waals surface area contributed by atoms with Crippen molar-refractivity contribution in [2.75, 3.05) is 26.5 Å². The largest absolute Gasteiger partial charge is 0.497 e. The number of hydrogen-bond acceptors (Lipinski definition) is 5. The quantitative estimate of drug-likeness (QED) is 0.838. The molecule has 0 bridgehead atoms. The van der Waals surface area contributed by atoms with Crippen molar-refractivity contribution in [3.63, 3.8) is 0 Å². The van der Waals surface area contributed by atoms with Crippen LogP contribution in [0.15, 0.2) is 18.2 Å². The maximum absolute atomic E-state index is 12.8. The van der Waals surface area contributed by atoms with E-state index in [1.54, 1.807) is 36.9 Å². The molecule has 0 aromatic heterocycles. The van der Waals surface area contributed by atoms with Gasteiger partial charge >= 0.3 is 0 Å². The fourth-order valence-corrected chi connectivity index (χ4v) is 4.15. The van der Waals surface area contributed by atoms with Crippen molar-refractivity contribution in [2.24, 2.45) is 0 Å². The zero-order chi connectivity index (χ0) is 16.5. The summed E-state index contributed by atoms with van der Waals surface area (Å²) in [6.45, 7) is 3.60. The van der Waals surface area contributed by atoms with Crippen LogP contribution in [0.5, 0.6) is 11.5 Å². The highest BCUT2D eigenvalue weighted by Crippen LogP contribution is 2.28. The average molecular weight is 327 g/mol. The van der Waals surface area contributed by atoms with Crippen LogP contribution in [0, 0.1) is 0 Å². The molecule has 122 valence electrons. The molecule has 1 fully saturated rings. The van der Waals surface area contributed by atoms with Crippen LogP contribution in [0.3, 0.4) is 0 Å².